The molecule has 0 unspecified atom stereocenters. The smallest absolute Gasteiger partial charge is 0.337 e. The highest BCUT2D eigenvalue weighted by Gasteiger charge is 2.30. The lowest BCUT2D eigenvalue weighted by Crippen LogP contribution is -2.35. The van der Waals surface area contributed by atoms with E-state index in [1.54, 1.807) is 13.0 Å². The third-order valence-corrected chi connectivity index (χ3v) is 6.45. The normalized spacial score (nSPS) is 14.1. The number of fused-ring (bicyclic) bond motifs is 1. The monoisotopic (exact) mass is 359 g/mol. The fraction of sp³-hybridized carbons (Fsp3) is 0.316. The van der Waals surface area contributed by atoms with E-state index >= 15 is 0 Å². The van der Waals surface area contributed by atoms with Gasteiger partial charge in [-0.3, -0.25) is 4.31 Å². The molecule has 1 aliphatic heterocycles. The van der Waals surface area contributed by atoms with Gasteiger partial charge in [-0.15, -0.1) is 0 Å². The molecular weight excluding hydrogens is 338 g/mol. The highest BCUT2D eigenvalue weighted by Crippen LogP contribution is 2.33. The molecular formula is C19H21NO4S. The number of benzene rings is 2. The minimum Gasteiger partial charge on any atom is -0.465 e. The van der Waals surface area contributed by atoms with E-state index in [1.807, 2.05) is 25.1 Å². The Morgan fingerprint density at radius 1 is 1.12 bits per heavy atom. The van der Waals surface area contributed by atoms with Gasteiger partial charge in [0.15, 0.2) is 0 Å². The van der Waals surface area contributed by atoms with Gasteiger partial charge in [-0.05, 0) is 62.1 Å². The van der Waals surface area contributed by atoms with Crippen molar-refractivity contribution in [2.45, 2.75) is 31.6 Å². The molecule has 3 rings (SSSR count). The molecule has 2 aromatic carbocycles. The highest BCUT2D eigenvalue weighted by molar-refractivity contribution is 7.92. The fourth-order valence-electron chi connectivity index (χ4n) is 3.24. The van der Waals surface area contributed by atoms with Crippen molar-refractivity contribution in [3.8, 4) is 0 Å². The Balaban J connectivity index is 2.05. The number of carbonyl (C=O) groups is 1. The highest BCUT2D eigenvalue weighted by atomic mass is 32.2. The van der Waals surface area contributed by atoms with Crippen molar-refractivity contribution in [3.05, 3.63) is 58.7 Å². The topological polar surface area (TPSA) is 63.7 Å². The number of hydrogen-bond donors (Lipinski definition) is 0. The van der Waals surface area contributed by atoms with Crippen molar-refractivity contribution in [2.75, 3.05) is 18.0 Å². The predicted octanol–water partition coefficient (Wildman–Crippen LogP) is 3.23. The van der Waals surface area contributed by atoms with Gasteiger partial charge in [0.05, 0.1) is 23.3 Å². The zero-order chi connectivity index (χ0) is 18.2. The molecule has 0 fully saturated rings. The number of hydrogen-bond acceptors (Lipinski definition) is 4. The summed E-state index contributed by atoms with van der Waals surface area (Å²) in [5.41, 5.74) is 3.79. The first kappa shape index (κ1) is 17.5. The number of esters is 1. The summed E-state index contributed by atoms with van der Waals surface area (Å²) in [6.45, 7) is 4.15. The SMILES string of the molecule is COC(=O)c1ccc(S(=O)(=O)N2CCCc3cc(C)ccc32)c(C)c1. The van der Waals surface area contributed by atoms with Crippen LogP contribution in [0.2, 0.25) is 0 Å². The summed E-state index contributed by atoms with van der Waals surface area (Å²) in [7, 11) is -2.39. The molecule has 1 aliphatic rings. The lowest BCUT2D eigenvalue weighted by Gasteiger charge is -2.31. The molecule has 0 aromatic heterocycles. The summed E-state index contributed by atoms with van der Waals surface area (Å²) in [5, 5.41) is 0. The van der Waals surface area contributed by atoms with Crippen LogP contribution in [0.4, 0.5) is 5.69 Å². The quantitative estimate of drug-likeness (QED) is 0.789. The van der Waals surface area contributed by atoms with Crippen LogP contribution in [0.1, 0.15) is 33.5 Å². The van der Waals surface area contributed by atoms with Crippen LogP contribution in [0, 0.1) is 13.8 Å². The Labute approximate surface area is 148 Å². The van der Waals surface area contributed by atoms with Crippen LogP contribution in [0.15, 0.2) is 41.3 Å². The van der Waals surface area contributed by atoms with Crippen molar-refractivity contribution < 1.29 is 17.9 Å². The van der Waals surface area contributed by atoms with E-state index in [0.717, 1.165) is 29.7 Å². The van der Waals surface area contributed by atoms with Crippen LogP contribution in [-0.2, 0) is 21.2 Å². The lowest BCUT2D eigenvalue weighted by molar-refractivity contribution is 0.0600. The molecule has 0 amide bonds. The van der Waals surface area contributed by atoms with E-state index in [9.17, 15) is 13.2 Å². The van der Waals surface area contributed by atoms with Gasteiger partial charge in [-0.2, -0.15) is 0 Å². The number of ether oxygens (including phenoxy) is 1. The zero-order valence-corrected chi connectivity index (χ0v) is 15.4. The number of nitrogens with zero attached hydrogens (tertiary/aromatic N) is 1. The zero-order valence-electron chi connectivity index (χ0n) is 14.6. The first-order valence-corrected chi connectivity index (χ1v) is 9.60. The molecule has 0 radical (unpaired) electrons. The minimum absolute atomic E-state index is 0.216. The van der Waals surface area contributed by atoms with Gasteiger partial charge in [-0.1, -0.05) is 17.7 Å². The first-order chi connectivity index (χ1) is 11.8. The number of sulfonamides is 1. The Hall–Kier alpha value is -2.34. The average Bonchev–Trinajstić information content (AvgIpc) is 2.59. The maximum Gasteiger partial charge on any atom is 0.337 e. The largest absolute Gasteiger partial charge is 0.465 e. The van der Waals surface area contributed by atoms with Crippen LogP contribution in [0.5, 0.6) is 0 Å². The molecule has 0 spiro atoms. The average molecular weight is 359 g/mol. The summed E-state index contributed by atoms with van der Waals surface area (Å²) in [6.07, 6.45) is 1.66. The van der Waals surface area contributed by atoms with Crippen molar-refractivity contribution in [2.24, 2.45) is 0 Å². The van der Waals surface area contributed by atoms with Gasteiger partial charge < -0.3 is 4.74 Å². The molecule has 132 valence electrons. The summed E-state index contributed by atoms with van der Waals surface area (Å²) in [4.78, 5) is 11.9. The molecule has 25 heavy (non-hydrogen) atoms. The molecule has 6 heteroatoms. The van der Waals surface area contributed by atoms with E-state index in [0.29, 0.717) is 17.7 Å². The Morgan fingerprint density at radius 2 is 1.88 bits per heavy atom. The van der Waals surface area contributed by atoms with Crippen LogP contribution >= 0.6 is 0 Å². The molecule has 0 saturated heterocycles. The van der Waals surface area contributed by atoms with Crippen molar-refractivity contribution in [1.82, 2.24) is 0 Å². The Kier molecular flexibility index (Phi) is 4.56. The predicted molar refractivity (Wildman–Crippen MR) is 96.6 cm³/mol. The maximum atomic E-state index is 13.2. The number of anilines is 1. The van der Waals surface area contributed by atoms with E-state index in [2.05, 4.69) is 0 Å². The molecule has 0 N–H and O–H groups in total. The lowest BCUT2D eigenvalue weighted by atomic mass is 10.0. The Bertz CT molecular complexity index is 934. The fourth-order valence-corrected chi connectivity index (χ4v) is 4.99. The van der Waals surface area contributed by atoms with Crippen LogP contribution in [0.25, 0.3) is 0 Å². The van der Waals surface area contributed by atoms with E-state index in [1.165, 1.54) is 23.5 Å². The van der Waals surface area contributed by atoms with Crippen molar-refractivity contribution in [3.63, 3.8) is 0 Å². The molecule has 0 bridgehead atoms. The first-order valence-electron chi connectivity index (χ1n) is 8.16. The van der Waals surface area contributed by atoms with Gasteiger partial charge in [-0.25, -0.2) is 13.2 Å². The van der Waals surface area contributed by atoms with Gasteiger partial charge in [0, 0.05) is 6.54 Å². The van der Waals surface area contributed by atoms with E-state index < -0.39 is 16.0 Å². The number of aryl methyl sites for hydroxylation is 3. The third kappa shape index (κ3) is 3.14. The van der Waals surface area contributed by atoms with E-state index in [-0.39, 0.29) is 4.90 Å². The number of rotatable bonds is 3. The molecule has 5 nitrogen and oxygen atoms in total. The molecule has 0 atom stereocenters. The third-order valence-electron chi connectivity index (χ3n) is 4.48. The van der Waals surface area contributed by atoms with Crippen LogP contribution in [-0.4, -0.2) is 28.0 Å². The van der Waals surface area contributed by atoms with Gasteiger partial charge in [0.25, 0.3) is 10.0 Å². The van der Waals surface area contributed by atoms with Crippen molar-refractivity contribution >= 4 is 21.7 Å². The number of methoxy groups -OCH3 is 1. The molecule has 1 heterocycles. The number of carbonyl (C=O) groups excluding carboxylic acids is 1. The van der Waals surface area contributed by atoms with Gasteiger partial charge in [0.1, 0.15) is 0 Å². The molecule has 0 saturated carbocycles. The van der Waals surface area contributed by atoms with Crippen LogP contribution in [0.3, 0.4) is 0 Å². The minimum atomic E-state index is -3.69. The molecule has 0 aliphatic carbocycles. The summed E-state index contributed by atoms with van der Waals surface area (Å²) >= 11 is 0. The maximum absolute atomic E-state index is 13.2. The van der Waals surface area contributed by atoms with E-state index in [4.69, 9.17) is 4.74 Å². The Morgan fingerprint density at radius 3 is 2.56 bits per heavy atom. The van der Waals surface area contributed by atoms with Crippen molar-refractivity contribution in [1.29, 1.82) is 0 Å². The second-order valence-electron chi connectivity index (χ2n) is 6.28. The second-order valence-corrected chi connectivity index (χ2v) is 8.12. The standard InChI is InChI=1S/C19H21NO4S/c1-13-6-8-17-15(11-13)5-4-10-20(17)25(22,23)18-9-7-16(12-14(18)2)19(21)24-3/h6-9,11-12H,4-5,10H2,1-3H3. The summed E-state index contributed by atoms with van der Waals surface area (Å²) in [5.74, 6) is -0.481. The summed E-state index contributed by atoms with van der Waals surface area (Å²) < 4.78 is 32.6. The van der Waals surface area contributed by atoms with Gasteiger partial charge >= 0.3 is 5.97 Å². The van der Waals surface area contributed by atoms with Crippen LogP contribution < -0.4 is 4.31 Å². The second kappa shape index (κ2) is 6.52. The van der Waals surface area contributed by atoms with Gasteiger partial charge in [0.2, 0.25) is 0 Å². The molecule has 2 aromatic rings. The summed E-state index contributed by atoms with van der Waals surface area (Å²) in [6, 6.07) is 10.4.